The lowest BCUT2D eigenvalue weighted by Crippen LogP contribution is -2.06. The van der Waals surface area contributed by atoms with Gasteiger partial charge in [0.1, 0.15) is 23.2 Å². The van der Waals surface area contributed by atoms with Gasteiger partial charge in [-0.3, -0.25) is 4.68 Å². The molecule has 0 saturated carbocycles. The largest absolute Gasteiger partial charge is 0.496 e. The fourth-order valence-corrected chi connectivity index (χ4v) is 2.79. The zero-order valence-electron chi connectivity index (χ0n) is 13.3. The molecule has 0 unspecified atom stereocenters. The third-order valence-corrected chi connectivity index (χ3v) is 3.96. The second kappa shape index (κ2) is 6.78. The van der Waals surface area contributed by atoms with Crippen LogP contribution in [0.5, 0.6) is 5.75 Å². The molecule has 0 aliphatic heterocycles. The van der Waals surface area contributed by atoms with Crippen LogP contribution in [0.25, 0.3) is 11.3 Å². The van der Waals surface area contributed by atoms with Crippen molar-refractivity contribution < 1.29 is 4.74 Å². The zero-order valence-corrected chi connectivity index (χ0v) is 14.9. The fraction of sp³-hybridized carbons (Fsp3) is 0.125. The molecule has 0 radical (unpaired) electrons. The predicted octanol–water partition coefficient (Wildman–Crippen LogP) is 2.20. The molecular weight excluding hydrogens is 386 g/mol. The van der Waals surface area contributed by atoms with Crippen LogP contribution < -0.4 is 16.2 Å². The first-order valence-electron chi connectivity index (χ1n) is 7.20. The summed E-state index contributed by atoms with van der Waals surface area (Å²) >= 11 is 3.37. The lowest BCUT2D eigenvalue weighted by atomic mass is 10.0. The molecule has 4 N–H and O–H groups in total. The topological polar surface area (TPSA) is 129 Å². The van der Waals surface area contributed by atoms with Gasteiger partial charge in [0.25, 0.3) is 0 Å². The Morgan fingerprint density at radius 3 is 2.76 bits per heavy atom. The standard InChI is InChI=1S/C16H14BrN7O/c1-25-13-3-2-9(4-10(13)7-24-8-11(17)6-21-24)14-12(5-18)15(19)23-16(20)22-14/h2-4,6,8H,7H2,1H3,(H4,19,20,22,23). The van der Waals surface area contributed by atoms with Crippen molar-refractivity contribution in [2.24, 2.45) is 0 Å². The summed E-state index contributed by atoms with van der Waals surface area (Å²) in [4.78, 5) is 8.01. The lowest BCUT2D eigenvalue weighted by molar-refractivity contribution is 0.407. The van der Waals surface area contributed by atoms with Gasteiger partial charge in [0.2, 0.25) is 5.95 Å². The number of hydrogen-bond donors (Lipinski definition) is 2. The van der Waals surface area contributed by atoms with E-state index in [2.05, 4.69) is 31.0 Å². The first-order valence-corrected chi connectivity index (χ1v) is 7.99. The van der Waals surface area contributed by atoms with E-state index in [1.807, 2.05) is 18.3 Å². The van der Waals surface area contributed by atoms with Crippen LogP contribution in [0.2, 0.25) is 0 Å². The Morgan fingerprint density at radius 1 is 1.32 bits per heavy atom. The maximum absolute atomic E-state index is 9.36. The monoisotopic (exact) mass is 399 g/mol. The molecule has 0 aliphatic carbocycles. The Morgan fingerprint density at radius 2 is 2.12 bits per heavy atom. The number of anilines is 2. The molecule has 0 spiro atoms. The normalized spacial score (nSPS) is 10.4. The minimum Gasteiger partial charge on any atom is -0.496 e. The molecule has 0 fully saturated rings. The van der Waals surface area contributed by atoms with Gasteiger partial charge in [0.05, 0.1) is 30.0 Å². The third kappa shape index (κ3) is 3.39. The minimum atomic E-state index is 0.0138. The molecule has 0 bridgehead atoms. The molecule has 8 nitrogen and oxygen atoms in total. The maximum Gasteiger partial charge on any atom is 0.222 e. The van der Waals surface area contributed by atoms with Crippen molar-refractivity contribution in [3.63, 3.8) is 0 Å². The van der Waals surface area contributed by atoms with Crippen molar-refractivity contribution in [2.45, 2.75) is 6.54 Å². The summed E-state index contributed by atoms with van der Waals surface area (Å²) < 4.78 is 8.06. The van der Waals surface area contributed by atoms with E-state index in [-0.39, 0.29) is 17.3 Å². The van der Waals surface area contributed by atoms with E-state index in [9.17, 15) is 5.26 Å². The Kier molecular flexibility index (Phi) is 4.54. The van der Waals surface area contributed by atoms with Crippen LogP contribution >= 0.6 is 15.9 Å². The first-order chi connectivity index (χ1) is 12.0. The number of nitriles is 1. The quantitative estimate of drug-likeness (QED) is 0.687. The summed E-state index contributed by atoms with van der Waals surface area (Å²) in [6.45, 7) is 0.487. The van der Waals surface area contributed by atoms with Gasteiger partial charge in [-0.2, -0.15) is 15.3 Å². The summed E-state index contributed by atoms with van der Waals surface area (Å²) in [7, 11) is 1.60. The molecule has 0 amide bonds. The molecule has 1 aromatic carbocycles. The molecule has 2 heterocycles. The van der Waals surface area contributed by atoms with Crippen LogP contribution in [-0.2, 0) is 6.54 Å². The molecule has 9 heteroatoms. The number of methoxy groups -OCH3 is 1. The highest BCUT2D eigenvalue weighted by Crippen LogP contribution is 2.30. The smallest absolute Gasteiger partial charge is 0.222 e. The van der Waals surface area contributed by atoms with Gasteiger partial charge in [-0.05, 0) is 34.1 Å². The SMILES string of the molecule is COc1ccc(-c2nc(N)nc(N)c2C#N)cc1Cn1cc(Br)cn1. The summed E-state index contributed by atoms with van der Waals surface area (Å²) in [6, 6.07) is 7.50. The Hall–Kier alpha value is -3.12. The van der Waals surface area contributed by atoms with Gasteiger partial charge in [0.15, 0.2) is 0 Å². The maximum atomic E-state index is 9.36. The molecule has 0 aliphatic rings. The highest BCUT2D eigenvalue weighted by Gasteiger charge is 2.15. The van der Waals surface area contributed by atoms with Gasteiger partial charge in [-0.15, -0.1) is 0 Å². The van der Waals surface area contributed by atoms with E-state index in [0.717, 1.165) is 10.0 Å². The molecule has 25 heavy (non-hydrogen) atoms. The van der Waals surface area contributed by atoms with Crippen molar-refractivity contribution in [1.82, 2.24) is 19.7 Å². The van der Waals surface area contributed by atoms with E-state index >= 15 is 0 Å². The number of ether oxygens (including phenoxy) is 1. The number of aromatic nitrogens is 4. The Labute approximate surface area is 152 Å². The molecule has 126 valence electrons. The van der Waals surface area contributed by atoms with E-state index in [0.29, 0.717) is 23.6 Å². The highest BCUT2D eigenvalue weighted by atomic mass is 79.9. The summed E-state index contributed by atoms with van der Waals surface area (Å²) in [6.07, 6.45) is 3.56. The van der Waals surface area contributed by atoms with Crippen LogP contribution in [-0.4, -0.2) is 26.9 Å². The highest BCUT2D eigenvalue weighted by molar-refractivity contribution is 9.10. The average molecular weight is 400 g/mol. The third-order valence-electron chi connectivity index (χ3n) is 3.55. The summed E-state index contributed by atoms with van der Waals surface area (Å²) in [5.74, 6) is 0.766. The number of benzene rings is 1. The second-order valence-electron chi connectivity index (χ2n) is 5.19. The summed E-state index contributed by atoms with van der Waals surface area (Å²) in [5, 5.41) is 13.6. The number of nitrogens with zero attached hydrogens (tertiary/aromatic N) is 5. The number of nitrogens with two attached hydrogens (primary N) is 2. The molecular formula is C16H14BrN7O. The van der Waals surface area contributed by atoms with Crippen LogP contribution in [0, 0.1) is 11.3 Å². The number of halogens is 1. The van der Waals surface area contributed by atoms with Gasteiger partial charge in [-0.25, -0.2) is 4.98 Å². The van der Waals surface area contributed by atoms with Gasteiger partial charge >= 0.3 is 0 Å². The van der Waals surface area contributed by atoms with Crippen molar-refractivity contribution in [3.05, 3.63) is 46.2 Å². The molecule has 3 rings (SSSR count). The molecule has 0 atom stereocenters. The van der Waals surface area contributed by atoms with E-state index < -0.39 is 0 Å². The number of rotatable bonds is 4. The molecule has 0 saturated heterocycles. The molecule has 3 aromatic rings. The number of nitrogen functional groups attached to an aromatic ring is 2. The van der Waals surface area contributed by atoms with E-state index in [1.165, 1.54) is 0 Å². The number of hydrogen-bond acceptors (Lipinski definition) is 7. The minimum absolute atomic E-state index is 0.0138. The average Bonchev–Trinajstić information content (AvgIpc) is 2.99. The van der Waals surface area contributed by atoms with E-state index in [4.69, 9.17) is 16.2 Å². The van der Waals surface area contributed by atoms with Gasteiger partial charge in [0, 0.05) is 17.3 Å². The van der Waals surface area contributed by atoms with Crippen LogP contribution in [0.15, 0.2) is 35.1 Å². The lowest BCUT2D eigenvalue weighted by Gasteiger charge is -2.12. The first kappa shape index (κ1) is 16.7. The Bertz CT molecular complexity index is 977. The van der Waals surface area contributed by atoms with Crippen LogP contribution in [0.3, 0.4) is 0 Å². The van der Waals surface area contributed by atoms with Gasteiger partial charge < -0.3 is 16.2 Å². The predicted molar refractivity (Wildman–Crippen MR) is 96.6 cm³/mol. The van der Waals surface area contributed by atoms with Crippen molar-refractivity contribution in [3.8, 4) is 23.1 Å². The van der Waals surface area contributed by atoms with E-state index in [1.54, 1.807) is 30.1 Å². The van der Waals surface area contributed by atoms with Gasteiger partial charge in [-0.1, -0.05) is 0 Å². The molecule has 2 aromatic heterocycles. The summed E-state index contributed by atoms with van der Waals surface area (Å²) in [5.41, 5.74) is 13.6. The van der Waals surface area contributed by atoms with Crippen molar-refractivity contribution in [1.29, 1.82) is 5.26 Å². The van der Waals surface area contributed by atoms with Crippen molar-refractivity contribution in [2.75, 3.05) is 18.6 Å². The zero-order chi connectivity index (χ0) is 18.0. The second-order valence-corrected chi connectivity index (χ2v) is 6.10. The Balaban J connectivity index is 2.10. The van der Waals surface area contributed by atoms with Crippen molar-refractivity contribution >= 4 is 27.7 Å². The van der Waals surface area contributed by atoms with Crippen LogP contribution in [0.4, 0.5) is 11.8 Å². The fourth-order valence-electron chi connectivity index (χ4n) is 2.46. The van der Waals surface area contributed by atoms with Crippen LogP contribution in [0.1, 0.15) is 11.1 Å².